The van der Waals surface area contributed by atoms with Crippen molar-refractivity contribution in [1.29, 1.82) is 0 Å². The fourth-order valence-electron chi connectivity index (χ4n) is 1.53. The van der Waals surface area contributed by atoms with Crippen LogP contribution in [0.25, 0.3) is 0 Å². The van der Waals surface area contributed by atoms with Crippen molar-refractivity contribution >= 4 is 0 Å². The van der Waals surface area contributed by atoms with Crippen molar-refractivity contribution in [3.63, 3.8) is 0 Å². The largest absolute Gasteiger partial charge is 0.248 e. The van der Waals surface area contributed by atoms with E-state index in [1.165, 1.54) is 38.5 Å². The number of hydrogen-bond acceptors (Lipinski definition) is 0. The van der Waals surface area contributed by atoms with Gasteiger partial charge in [0.1, 0.15) is 0 Å². The van der Waals surface area contributed by atoms with Crippen molar-refractivity contribution in [2.75, 3.05) is 0 Å². The van der Waals surface area contributed by atoms with Crippen LogP contribution < -0.4 is 0 Å². The van der Waals surface area contributed by atoms with E-state index in [4.69, 9.17) is 0 Å². The van der Waals surface area contributed by atoms with Gasteiger partial charge in [0.15, 0.2) is 0 Å². The van der Waals surface area contributed by atoms with Gasteiger partial charge in [-0.1, -0.05) is 58.8 Å². The maximum absolute atomic E-state index is 12.8. The normalized spacial score (nSPS) is 13.2. The van der Waals surface area contributed by atoms with Crippen molar-refractivity contribution in [1.82, 2.24) is 0 Å². The molecule has 0 fully saturated rings. The first-order chi connectivity index (χ1) is 6.31. The van der Waals surface area contributed by atoms with E-state index in [-0.39, 0.29) is 0 Å². The number of alkyl halides is 1. The van der Waals surface area contributed by atoms with E-state index < -0.39 is 6.17 Å². The Kier molecular flexibility index (Phi) is 9.96. The molecule has 0 aromatic carbocycles. The molecule has 0 aliphatic heterocycles. The number of hydrogen-bond donors (Lipinski definition) is 0. The second-order valence-corrected chi connectivity index (χ2v) is 3.92. The van der Waals surface area contributed by atoms with Gasteiger partial charge in [0, 0.05) is 0 Å². The first kappa shape index (κ1) is 12.9. The Bertz CT molecular complexity index is 91.1. The monoisotopic (exact) mass is 188 g/mol. The van der Waals surface area contributed by atoms with Gasteiger partial charge < -0.3 is 0 Å². The molecule has 0 spiro atoms. The van der Waals surface area contributed by atoms with Gasteiger partial charge in [0.25, 0.3) is 0 Å². The second kappa shape index (κ2) is 10.0. The molecule has 1 heteroatoms. The Morgan fingerprint density at radius 2 is 1.38 bits per heavy atom. The Morgan fingerprint density at radius 1 is 0.846 bits per heavy atom. The predicted octanol–water partition coefficient (Wildman–Crippen LogP) is 4.88. The quantitative estimate of drug-likeness (QED) is 0.453. The van der Waals surface area contributed by atoms with Gasteiger partial charge in [-0.3, -0.25) is 0 Å². The van der Waals surface area contributed by atoms with E-state index >= 15 is 0 Å². The molecule has 0 amide bonds. The van der Waals surface area contributed by atoms with E-state index in [1.54, 1.807) is 0 Å². The standard InChI is InChI=1S/C12H25F/c1-3-5-6-7-8-9-10-11-12(13)4-2/h12H,3-11H2,1-2H3. The van der Waals surface area contributed by atoms with Crippen LogP contribution in [0.1, 0.15) is 71.6 Å². The van der Waals surface area contributed by atoms with E-state index in [1.807, 2.05) is 6.92 Å². The lowest BCUT2D eigenvalue weighted by Gasteiger charge is -2.04. The van der Waals surface area contributed by atoms with Crippen molar-refractivity contribution in [3.05, 3.63) is 0 Å². The minimum Gasteiger partial charge on any atom is -0.248 e. The maximum atomic E-state index is 12.8. The zero-order valence-corrected chi connectivity index (χ0v) is 9.32. The highest BCUT2D eigenvalue weighted by Gasteiger charge is 2.01. The molecule has 80 valence electrons. The summed E-state index contributed by atoms with van der Waals surface area (Å²) in [7, 11) is 0. The number of halogens is 1. The van der Waals surface area contributed by atoms with E-state index in [0.717, 1.165) is 12.8 Å². The summed E-state index contributed by atoms with van der Waals surface area (Å²) < 4.78 is 12.8. The molecule has 0 aliphatic rings. The zero-order valence-electron chi connectivity index (χ0n) is 9.32. The predicted molar refractivity (Wildman–Crippen MR) is 57.8 cm³/mol. The molecular weight excluding hydrogens is 163 g/mol. The van der Waals surface area contributed by atoms with Crippen molar-refractivity contribution < 1.29 is 4.39 Å². The van der Waals surface area contributed by atoms with Crippen LogP contribution in [0, 0.1) is 0 Å². The van der Waals surface area contributed by atoms with Crippen molar-refractivity contribution in [3.8, 4) is 0 Å². The number of rotatable bonds is 9. The van der Waals surface area contributed by atoms with Gasteiger partial charge in [0.2, 0.25) is 0 Å². The molecule has 1 unspecified atom stereocenters. The Hall–Kier alpha value is -0.0700. The number of unbranched alkanes of at least 4 members (excludes halogenated alkanes) is 6. The smallest absolute Gasteiger partial charge is 0.0999 e. The molecule has 0 aliphatic carbocycles. The highest BCUT2D eigenvalue weighted by atomic mass is 19.1. The van der Waals surface area contributed by atoms with Crippen LogP contribution in [0.5, 0.6) is 0 Å². The molecule has 0 saturated carbocycles. The minimum atomic E-state index is -0.546. The third-order valence-electron chi connectivity index (χ3n) is 2.56. The Labute approximate surface area is 82.9 Å². The summed E-state index contributed by atoms with van der Waals surface area (Å²) in [5.74, 6) is 0. The van der Waals surface area contributed by atoms with Gasteiger partial charge in [-0.15, -0.1) is 0 Å². The first-order valence-electron chi connectivity index (χ1n) is 5.95. The zero-order chi connectivity index (χ0) is 9.94. The van der Waals surface area contributed by atoms with Gasteiger partial charge in [-0.05, 0) is 12.8 Å². The van der Waals surface area contributed by atoms with E-state index in [9.17, 15) is 4.39 Å². The molecule has 0 heterocycles. The Balaban J connectivity index is 2.91. The third kappa shape index (κ3) is 9.85. The molecule has 1 atom stereocenters. The van der Waals surface area contributed by atoms with Gasteiger partial charge >= 0.3 is 0 Å². The van der Waals surface area contributed by atoms with Crippen LogP contribution in [0.3, 0.4) is 0 Å². The average molecular weight is 188 g/mol. The first-order valence-corrected chi connectivity index (χ1v) is 5.95. The lowest BCUT2D eigenvalue weighted by molar-refractivity contribution is 0.296. The molecule has 0 radical (unpaired) electrons. The van der Waals surface area contributed by atoms with Crippen LogP contribution >= 0.6 is 0 Å². The van der Waals surface area contributed by atoms with Crippen LogP contribution in [-0.2, 0) is 0 Å². The van der Waals surface area contributed by atoms with Crippen LogP contribution in [-0.4, -0.2) is 6.17 Å². The topological polar surface area (TPSA) is 0 Å². The summed E-state index contributed by atoms with van der Waals surface area (Å²) >= 11 is 0. The minimum absolute atomic E-state index is 0.546. The molecular formula is C12H25F. The van der Waals surface area contributed by atoms with Gasteiger partial charge in [-0.2, -0.15) is 0 Å². The molecule has 13 heavy (non-hydrogen) atoms. The summed E-state index contributed by atoms with van der Waals surface area (Å²) in [5.41, 5.74) is 0. The van der Waals surface area contributed by atoms with Crippen LogP contribution in [0.2, 0.25) is 0 Å². The lowest BCUT2D eigenvalue weighted by Crippen LogP contribution is -1.96. The molecule has 0 N–H and O–H groups in total. The molecule has 0 aromatic rings. The molecule has 0 rings (SSSR count). The maximum Gasteiger partial charge on any atom is 0.0999 e. The fraction of sp³-hybridized carbons (Fsp3) is 1.00. The van der Waals surface area contributed by atoms with E-state index in [2.05, 4.69) is 6.92 Å². The Morgan fingerprint density at radius 3 is 1.92 bits per heavy atom. The summed E-state index contributed by atoms with van der Waals surface area (Å²) in [5, 5.41) is 0. The molecule has 0 bridgehead atoms. The third-order valence-corrected chi connectivity index (χ3v) is 2.56. The average Bonchev–Trinajstić information content (AvgIpc) is 2.16. The highest BCUT2D eigenvalue weighted by Crippen LogP contribution is 2.12. The van der Waals surface area contributed by atoms with Crippen LogP contribution in [0.4, 0.5) is 4.39 Å². The lowest BCUT2D eigenvalue weighted by atomic mass is 10.1. The molecule has 0 aromatic heterocycles. The van der Waals surface area contributed by atoms with Gasteiger partial charge in [0.05, 0.1) is 6.17 Å². The molecule has 0 nitrogen and oxygen atoms in total. The van der Waals surface area contributed by atoms with Crippen molar-refractivity contribution in [2.24, 2.45) is 0 Å². The van der Waals surface area contributed by atoms with Crippen molar-refractivity contribution in [2.45, 2.75) is 77.8 Å². The SMILES string of the molecule is CCCCCCCCCC(F)CC. The summed E-state index contributed by atoms with van der Waals surface area (Å²) in [6, 6.07) is 0. The molecule has 0 saturated heterocycles. The second-order valence-electron chi connectivity index (χ2n) is 3.92. The summed E-state index contributed by atoms with van der Waals surface area (Å²) in [4.78, 5) is 0. The summed E-state index contributed by atoms with van der Waals surface area (Å²) in [6.07, 6.45) is 9.92. The fourth-order valence-corrected chi connectivity index (χ4v) is 1.53. The highest BCUT2D eigenvalue weighted by molar-refractivity contribution is 4.53. The van der Waals surface area contributed by atoms with E-state index in [0.29, 0.717) is 6.42 Å². The van der Waals surface area contributed by atoms with Crippen LogP contribution in [0.15, 0.2) is 0 Å². The summed E-state index contributed by atoms with van der Waals surface area (Å²) in [6.45, 7) is 4.15. The van der Waals surface area contributed by atoms with Gasteiger partial charge in [-0.25, -0.2) is 4.39 Å².